The van der Waals surface area contributed by atoms with E-state index in [1.165, 1.54) is 6.07 Å². The van der Waals surface area contributed by atoms with Gasteiger partial charge in [-0.25, -0.2) is 0 Å². The van der Waals surface area contributed by atoms with Crippen LogP contribution in [0.5, 0.6) is 5.75 Å². The molecule has 0 radical (unpaired) electrons. The van der Waals surface area contributed by atoms with Crippen LogP contribution in [-0.4, -0.2) is 30.4 Å². The molecule has 1 aromatic rings. The molecule has 0 aliphatic rings. The van der Waals surface area contributed by atoms with Gasteiger partial charge in [0, 0.05) is 6.42 Å². The van der Waals surface area contributed by atoms with Crippen molar-refractivity contribution < 1.29 is 19.2 Å². The van der Waals surface area contributed by atoms with Crippen molar-refractivity contribution in [3.8, 4) is 5.75 Å². The number of hydrogen-bond acceptors (Lipinski definition) is 3. The molecule has 0 saturated carbocycles. The number of alkyl halides is 1. The normalized spacial score (nSPS) is 9.93. The number of benzene rings is 1. The Labute approximate surface area is 82.3 Å². The fourth-order valence-electron chi connectivity index (χ4n) is 1.01. The van der Waals surface area contributed by atoms with E-state index in [9.17, 15) is 4.39 Å². The van der Waals surface area contributed by atoms with E-state index in [-0.39, 0.29) is 0 Å². The van der Waals surface area contributed by atoms with Gasteiger partial charge in [0.05, 0.1) is 13.3 Å². The van der Waals surface area contributed by atoms with Crippen LogP contribution < -0.4 is 10.2 Å². The highest BCUT2D eigenvalue weighted by molar-refractivity contribution is 6.58. The summed E-state index contributed by atoms with van der Waals surface area (Å²) in [6, 6.07) is 6.43. The fourth-order valence-corrected chi connectivity index (χ4v) is 1.01. The maximum atomic E-state index is 11.7. The minimum Gasteiger partial charge on any atom is -0.494 e. The van der Waals surface area contributed by atoms with Crippen LogP contribution in [0.1, 0.15) is 6.42 Å². The summed E-state index contributed by atoms with van der Waals surface area (Å²) in [6.45, 7) is -0.121. The molecule has 0 fully saturated rings. The van der Waals surface area contributed by atoms with E-state index in [1.54, 1.807) is 18.2 Å². The van der Waals surface area contributed by atoms with E-state index in [0.29, 0.717) is 24.2 Å². The van der Waals surface area contributed by atoms with Crippen molar-refractivity contribution >= 4 is 12.6 Å². The Hall–Kier alpha value is -1.07. The lowest BCUT2D eigenvalue weighted by Crippen LogP contribution is -2.29. The molecule has 0 unspecified atom stereocenters. The van der Waals surface area contributed by atoms with Gasteiger partial charge in [0.1, 0.15) is 5.75 Å². The zero-order chi connectivity index (χ0) is 10.4. The van der Waals surface area contributed by atoms with Crippen molar-refractivity contribution in [2.45, 2.75) is 6.42 Å². The van der Waals surface area contributed by atoms with Crippen LogP contribution in [0.4, 0.5) is 4.39 Å². The Bertz CT molecular complexity index is 281. The molecule has 5 heteroatoms. The molecule has 0 aliphatic heterocycles. The SMILES string of the molecule is OB(O)c1cccc(OCCCF)c1. The molecule has 0 saturated heterocycles. The topological polar surface area (TPSA) is 49.7 Å². The van der Waals surface area contributed by atoms with E-state index in [2.05, 4.69) is 0 Å². The van der Waals surface area contributed by atoms with Crippen LogP contribution in [-0.2, 0) is 0 Å². The van der Waals surface area contributed by atoms with Gasteiger partial charge >= 0.3 is 7.12 Å². The molecule has 2 N–H and O–H groups in total. The van der Waals surface area contributed by atoms with Crippen LogP contribution in [0.25, 0.3) is 0 Å². The molecule has 0 aromatic heterocycles. The Morgan fingerprint density at radius 3 is 2.79 bits per heavy atom. The van der Waals surface area contributed by atoms with Crippen LogP contribution >= 0.6 is 0 Å². The molecular formula is C9H12BFO3. The summed E-state index contributed by atoms with van der Waals surface area (Å²) >= 11 is 0. The maximum absolute atomic E-state index is 11.7. The second-order valence-corrected chi connectivity index (χ2v) is 2.84. The smallest absolute Gasteiger partial charge is 0.488 e. The number of rotatable bonds is 5. The third kappa shape index (κ3) is 3.36. The summed E-state index contributed by atoms with van der Waals surface area (Å²) in [5.74, 6) is 0.518. The summed E-state index contributed by atoms with van der Waals surface area (Å²) in [4.78, 5) is 0. The monoisotopic (exact) mass is 198 g/mol. The predicted octanol–water partition coefficient (Wildman–Crippen LogP) is 0.105. The van der Waals surface area contributed by atoms with E-state index < -0.39 is 13.8 Å². The van der Waals surface area contributed by atoms with Crippen molar-refractivity contribution in [2.24, 2.45) is 0 Å². The Morgan fingerprint density at radius 1 is 1.36 bits per heavy atom. The lowest BCUT2D eigenvalue weighted by atomic mass is 9.80. The van der Waals surface area contributed by atoms with Crippen molar-refractivity contribution in [3.63, 3.8) is 0 Å². The van der Waals surface area contributed by atoms with Gasteiger partial charge in [-0.3, -0.25) is 4.39 Å². The summed E-state index contributed by atoms with van der Waals surface area (Å²) in [7, 11) is -1.50. The third-order valence-corrected chi connectivity index (χ3v) is 1.70. The third-order valence-electron chi connectivity index (χ3n) is 1.70. The van der Waals surface area contributed by atoms with Crippen molar-refractivity contribution in [2.75, 3.05) is 13.3 Å². The molecule has 0 amide bonds. The summed E-state index contributed by atoms with van der Waals surface area (Å²) in [5.41, 5.74) is 0.364. The van der Waals surface area contributed by atoms with E-state index >= 15 is 0 Å². The fraction of sp³-hybridized carbons (Fsp3) is 0.333. The average Bonchev–Trinajstić information content (AvgIpc) is 2.19. The van der Waals surface area contributed by atoms with E-state index in [1.807, 2.05) is 0 Å². The number of halogens is 1. The Balaban J connectivity index is 2.55. The van der Waals surface area contributed by atoms with Gasteiger partial charge in [0.25, 0.3) is 0 Å². The van der Waals surface area contributed by atoms with Crippen molar-refractivity contribution in [3.05, 3.63) is 24.3 Å². The molecule has 1 rings (SSSR count). The van der Waals surface area contributed by atoms with Crippen molar-refractivity contribution in [1.29, 1.82) is 0 Å². The first-order valence-corrected chi connectivity index (χ1v) is 4.39. The first kappa shape index (κ1) is 11.0. The molecule has 0 atom stereocenters. The van der Waals surface area contributed by atoms with Gasteiger partial charge in [-0.15, -0.1) is 0 Å². The van der Waals surface area contributed by atoms with Gasteiger partial charge in [-0.1, -0.05) is 12.1 Å². The van der Waals surface area contributed by atoms with Gasteiger partial charge in [0.15, 0.2) is 0 Å². The Kier molecular flexibility index (Phi) is 4.42. The highest BCUT2D eigenvalue weighted by Gasteiger charge is 2.10. The molecule has 14 heavy (non-hydrogen) atoms. The summed E-state index contributed by atoms with van der Waals surface area (Å²) in [5, 5.41) is 17.7. The standard InChI is InChI=1S/C9H12BFO3/c11-5-2-6-14-9-4-1-3-8(7-9)10(12)13/h1,3-4,7,12-13H,2,5-6H2. The first-order valence-electron chi connectivity index (χ1n) is 4.39. The number of ether oxygens (including phenoxy) is 1. The minimum absolute atomic E-state index is 0.293. The molecule has 76 valence electrons. The second-order valence-electron chi connectivity index (χ2n) is 2.84. The quantitative estimate of drug-likeness (QED) is 0.521. The molecule has 1 aromatic carbocycles. The predicted molar refractivity (Wildman–Crippen MR) is 52.4 cm³/mol. The van der Waals surface area contributed by atoms with Gasteiger partial charge in [-0.2, -0.15) is 0 Å². The zero-order valence-corrected chi connectivity index (χ0v) is 7.69. The van der Waals surface area contributed by atoms with Crippen LogP contribution in [0.3, 0.4) is 0 Å². The van der Waals surface area contributed by atoms with Crippen LogP contribution in [0.15, 0.2) is 24.3 Å². The van der Waals surface area contributed by atoms with Crippen LogP contribution in [0.2, 0.25) is 0 Å². The van der Waals surface area contributed by atoms with Gasteiger partial charge < -0.3 is 14.8 Å². The molecule has 0 spiro atoms. The summed E-state index contributed by atoms with van der Waals surface area (Å²) < 4.78 is 16.9. The number of hydrogen-bond donors (Lipinski definition) is 2. The van der Waals surface area contributed by atoms with Crippen molar-refractivity contribution in [1.82, 2.24) is 0 Å². The largest absolute Gasteiger partial charge is 0.494 e. The van der Waals surface area contributed by atoms with E-state index in [0.717, 1.165) is 0 Å². The second kappa shape index (κ2) is 5.62. The highest BCUT2D eigenvalue weighted by atomic mass is 19.1. The van der Waals surface area contributed by atoms with Crippen LogP contribution in [0, 0.1) is 0 Å². The summed E-state index contributed by atoms with van der Waals surface area (Å²) in [6.07, 6.45) is 0.339. The van der Waals surface area contributed by atoms with E-state index in [4.69, 9.17) is 14.8 Å². The average molecular weight is 198 g/mol. The zero-order valence-electron chi connectivity index (χ0n) is 7.69. The molecular weight excluding hydrogens is 186 g/mol. The lowest BCUT2D eigenvalue weighted by molar-refractivity contribution is 0.289. The maximum Gasteiger partial charge on any atom is 0.488 e. The highest BCUT2D eigenvalue weighted by Crippen LogP contribution is 2.07. The van der Waals surface area contributed by atoms with Gasteiger partial charge in [0.2, 0.25) is 0 Å². The minimum atomic E-state index is -1.50. The Morgan fingerprint density at radius 2 is 2.14 bits per heavy atom. The molecule has 3 nitrogen and oxygen atoms in total. The van der Waals surface area contributed by atoms with Gasteiger partial charge in [-0.05, 0) is 17.6 Å². The lowest BCUT2D eigenvalue weighted by Gasteiger charge is -2.06. The molecule has 0 bridgehead atoms. The molecule has 0 heterocycles. The first-order chi connectivity index (χ1) is 6.74. The molecule has 0 aliphatic carbocycles.